The molecule has 0 saturated carbocycles. The summed E-state index contributed by atoms with van der Waals surface area (Å²) in [6, 6.07) is 4.00. The van der Waals surface area contributed by atoms with Gasteiger partial charge in [-0.15, -0.1) is 0 Å². The van der Waals surface area contributed by atoms with Crippen LogP contribution in [0.3, 0.4) is 0 Å². The summed E-state index contributed by atoms with van der Waals surface area (Å²) in [7, 11) is 0. The van der Waals surface area contributed by atoms with E-state index in [2.05, 4.69) is 10.6 Å². The van der Waals surface area contributed by atoms with E-state index in [1.165, 1.54) is 0 Å². The maximum absolute atomic E-state index is 13.0. The summed E-state index contributed by atoms with van der Waals surface area (Å²) in [5, 5.41) is 5.38. The standard InChI is InChI=1S/C23H32N4O7/c24-8-2-10-32-12-14-34-15-13-33-11-3-9-25-17-5-1-4-16-20(17)23(31)27(22(16)30)18-6-7-19(28)26-21(18)29/h1,4-5,18,25H,2-3,6-15,24H2,(H,26,28,29). The molecule has 4 amide bonds. The highest BCUT2D eigenvalue weighted by Crippen LogP contribution is 2.32. The maximum Gasteiger partial charge on any atom is 0.264 e. The Morgan fingerprint density at radius 2 is 1.62 bits per heavy atom. The minimum absolute atomic E-state index is 0.0858. The lowest BCUT2D eigenvalue weighted by atomic mass is 10.0. The molecule has 186 valence electrons. The van der Waals surface area contributed by atoms with Crippen LogP contribution >= 0.6 is 0 Å². The van der Waals surface area contributed by atoms with Crippen LogP contribution in [0.15, 0.2) is 18.2 Å². The number of carbonyl (C=O) groups excluding carboxylic acids is 4. The topological polar surface area (TPSA) is 149 Å². The van der Waals surface area contributed by atoms with Crippen molar-refractivity contribution in [2.75, 3.05) is 58.0 Å². The van der Waals surface area contributed by atoms with Crippen LogP contribution in [0.5, 0.6) is 0 Å². The molecule has 1 atom stereocenters. The van der Waals surface area contributed by atoms with Gasteiger partial charge in [-0.25, -0.2) is 0 Å². The van der Waals surface area contributed by atoms with E-state index in [4.69, 9.17) is 19.9 Å². The minimum Gasteiger partial charge on any atom is -0.384 e. The summed E-state index contributed by atoms with van der Waals surface area (Å²) in [4.78, 5) is 50.5. The van der Waals surface area contributed by atoms with E-state index in [1.54, 1.807) is 18.2 Å². The SMILES string of the molecule is NCCCOCCOCCOCCCNc1cccc2c1C(=O)N(C1CCC(=O)NC1=O)C2=O. The van der Waals surface area contributed by atoms with Gasteiger partial charge in [0.1, 0.15) is 6.04 Å². The first-order valence-electron chi connectivity index (χ1n) is 11.6. The molecule has 3 rings (SSSR count). The number of ether oxygens (including phenoxy) is 3. The number of fused-ring (bicyclic) bond motifs is 1. The second-order valence-electron chi connectivity index (χ2n) is 7.94. The smallest absolute Gasteiger partial charge is 0.264 e. The van der Waals surface area contributed by atoms with E-state index in [9.17, 15) is 19.2 Å². The molecule has 1 saturated heterocycles. The second kappa shape index (κ2) is 13.1. The Hall–Kier alpha value is -2.86. The molecule has 34 heavy (non-hydrogen) atoms. The van der Waals surface area contributed by atoms with Gasteiger partial charge in [0.15, 0.2) is 0 Å². The lowest BCUT2D eigenvalue weighted by molar-refractivity contribution is -0.136. The molecule has 2 heterocycles. The van der Waals surface area contributed by atoms with Crippen LogP contribution in [-0.2, 0) is 23.8 Å². The molecule has 0 aliphatic carbocycles. The molecular weight excluding hydrogens is 444 g/mol. The molecule has 1 unspecified atom stereocenters. The number of hydrogen-bond acceptors (Lipinski definition) is 9. The first-order valence-corrected chi connectivity index (χ1v) is 11.6. The van der Waals surface area contributed by atoms with Crippen LogP contribution in [0.25, 0.3) is 0 Å². The first kappa shape index (κ1) is 25.8. The number of nitrogens with two attached hydrogens (primary N) is 1. The van der Waals surface area contributed by atoms with Crippen molar-refractivity contribution >= 4 is 29.3 Å². The number of nitrogens with one attached hydrogen (secondary N) is 2. The van der Waals surface area contributed by atoms with Gasteiger partial charge in [0.2, 0.25) is 11.8 Å². The number of piperidine rings is 1. The summed E-state index contributed by atoms with van der Waals surface area (Å²) in [6.45, 7) is 4.29. The highest BCUT2D eigenvalue weighted by Gasteiger charge is 2.45. The molecule has 1 aromatic carbocycles. The van der Waals surface area contributed by atoms with E-state index in [0.29, 0.717) is 64.8 Å². The van der Waals surface area contributed by atoms with Gasteiger partial charge in [-0.1, -0.05) is 6.07 Å². The Labute approximate surface area is 198 Å². The maximum atomic E-state index is 13.0. The molecule has 0 bridgehead atoms. The minimum atomic E-state index is -0.980. The Balaban J connectivity index is 1.39. The molecular formula is C23H32N4O7. The van der Waals surface area contributed by atoms with E-state index in [0.717, 1.165) is 11.3 Å². The zero-order chi connectivity index (χ0) is 24.3. The molecule has 1 aromatic rings. The summed E-state index contributed by atoms with van der Waals surface area (Å²) in [5.74, 6) is -2.08. The Kier molecular flexibility index (Phi) is 9.95. The fourth-order valence-corrected chi connectivity index (χ4v) is 3.79. The van der Waals surface area contributed by atoms with E-state index < -0.39 is 29.7 Å². The average molecular weight is 477 g/mol. The Bertz CT molecular complexity index is 892. The van der Waals surface area contributed by atoms with E-state index in [-0.39, 0.29) is 24.0 Å². The molecule has 2 aliphatic rings. The number of anilines is 1. The van der Waals surface area contributed by atoms with E-state index >= 15 is 0 Å². The predicted molar refractivity (Wildman–Crippen MR) is 122 cm³/mol. The molecule has 11 nitrogen and oxygen atoms in total. The van der Waals surface area contributed by atoms with Crippen LogP contribution in [0.2, 0.25) is 0 Å². The van der Waals surface area contributed by atoms with Gasteiger partial charge in [-0.3, -0.25) is 29.4 Å². The molecule has 4 N–H and O–H groups in total. The number of amides is 4. The number of benzene rings is 1. The summed E-state index contributed by atoms with van der Waals surface area (Å²) < 4.78 is 16.3. The molecule has 0 aromatic heterocycles. The van der Waals surface area contributed by atoms with Crippen molar-refractivity contribution in [3.8, 4) is 0 Å². The highest BCUT2D eigenvalue weighted by molar-refractivity contribution is 6.25. The first-order chi connectivity index (χ1) is 16.5. The zero-order valence-electron chi connectivity index (χ0n) is 19.2. The van der Waals surface area contributed by atoms with Gasteiger partial charge in [-0.2, -0.15) is 0 Å². The van der Waals surface area contributed by atoms with Gasteiger partial charge in [-0.05, 0) is 37.9 Å². The van der Waals surface area contributed by atoms with Crippen LogP contribution in [0.1, 0.15) is 46.4 Å². The van der Waals surface area contributed by atoms with Crippen LogP contribution in [0.4, 0.5) is 5.69 Å². The molecule has 11 heteroatoms. The van der Waals surface area contributed by atoms with E-state index in [1.807, 2.05) is 0 Å². The lowest BCUT2D eigenvalue weighted by Gasteiger charge is -2.27. The van der Waals surface area contributed by atoms with Gasteiger partial charge in [0.25, 0.3) is 11.8 Å². The van der Waals surface area contributed by atoms with Gasteiger partial charge < -0.3 is 25.3 Å². The molecule has 2 aliphatic heterocycles. The van der Waals surface area contributed by atoms with Crippen molar-refractivity contribution in [1.82, 2.24) is 10.2 Å². The quantitative estimate of drug-likeness (QED) is 0.240. The van der Waals surface area contributed by atoms with Gasteiger partial charge in [0, 0.05) is 31.9 Å². The van der Waals surface area contributed by atoms with Crippen molar-refractivity contribution in [2.24, 2.45) is 5.73 Å². The fraction of sp³-hybridized carbons (Fsp3) is 0.565. The third-order valence-corrected chi connectivity index (χ3v) is 5.49. The van der Waals surface area contributed by atoms with Crippen LogP contribution in [-0.4, -0.2) is 87.3 Å². The average Bonchev–Trinajstić information content (AvgIpc) is 3.08. The van der Waals surface area contributed by atoms with Gasteiger partial charge in [0.05, 0.1) is 37.6 Å². The number of imide groups is 2. The lowest BCUT2D eigenvalue weighted by Crippen LogP contribution is -2.54. The monoisotopic (exact) mass is 476 g/mol. The number of carbonyl (C=O) groups is 4. The summed E-state index contributed by atoms with van der Waals surface area (Å²) in [6.07, 6.45) is 1.74. The van der Waals surface area contributed by atoms with Crippen LogP contribution < -0.4 is 16.4 Å². The predicted octanol–water partition coefficient (Wildman–Crippen LogP) is 0.288. The molecule has 1 fully saturated rings. The van der Waals surface area contributed by atoms with Crippen molar-refractivity contribution in [1.29, 1.82) is 0 Å². The van der Waals surface area contributed by atoms with Crippen molar-refractivity contribution in [3.63, 3.8) is 0 Å². The third kappa shape index (κ3) is 6.60. The van der Waals surface area contributed by atoms with Gasteiger partial charge >= 0.3 is 0 Å². The highest BCUT2D eigenvalue weighted by atomic mass is 16.5. The van der Waals surface area contributed by atoms with Crippen molar-refractivity contribution in [2.45, 2.75) is 31.7 Å². The number of rotatable bonds is 15. The number of hydrogen-bond donors (Lipinski definition) is 3. The normalized spacial score (nSPS) is 17.8. The number of nitrogens with zero attached hydrogens (tertiary/aromatic N) is 1. The largest absolute Gasteiger partial charge is 0.384 e. The van der Waals surface area contributed by atoms with Crippen molar-refractivity contribution in [3.05, 3.63) is 29.3 Å². The second-order valence-corrected chi connectivity index (χ2v) is 7.94. The zero-order valence-corrected chi connectivity index (χ0v) is 19.2. The fourth-order valence-electron chi connectivity index (χ4n) is 3.79. The molecule has 0 radical (unpaired) electrons. The molecule has 0 spiro atoms. The van der Waals surface area contributed by atoms with Crippen LogP contribution in [0, 0.1) is 0 Å². The van der Waals surface area contributed by atoms with Crippen molar-refractivity contribution < 1.29 is 33.4 Å². The Morgan fingerprint density at radius 1 is 0.941 bits per heavy atom. The summed E-state index contributed by atoms with van der Waals surface area (Å²) in [5.41, 5.74) is 6.42. The Morgan fingerprint density at radius 3 is 2.29 bits per heavy atom. The summed E-state index contributed by atoms with van der Waals surface area (Å²) >= 11 is 0. The third-order valence-electron chi connectivity index (χ3n) is 5.49.